The van der Waals surface area contributed by atoms with Crippen molar-refractivity contribution >= 4 is 40.3 Å². The van der Waals surface area contributed by atoms with Gasteiger partial charge in [0.25, 0.3) is 0 Å². The van der Waals surface area contributed by atoms with Crippen LogP contribution in [0.25, 0.3) is 21.0 Å². The van der Waals surface area contributed by atoms with Gasteiger partial charge in [-0.05, 0) is 54.3 Å². The molecule has 1 aliphatic heterocycles. The van der Waals surface area contributed by atoms with Crippen LogP contribution in [-0.4, -0.2) is 66.1 Å². The molecule has 39 heavy (non-hydrogen) atoms. The number of nitrogens with zero attached hydrogens (tertiary/aromatic N) is 4. The van der Waals surface area contributed by atoms with Gasteiger partial charge in [0.15, 0.2) is 0 Å². The number of thiophene rings is 1. The topological polar surface area (TPSA) is 67.5 Å². The summed E-state index contributed by atoms with van der Waals surface area (Å²) >= 11 is 6.19. The average Bonchev–Trinajstić information content (AvgIpc) is 3.49. The van der Waals surface area contributed by atoms with E-state index in [1.165, 1.54) is 0 Å². The zero-order valence-corrected chi connectivity index (χ0v) is 24.3. The van der Waals surface area contributed by atoms with Crippen LogP contribution >= 0.6 is 24.0 Å². The summed E-state index contributed by atoms with van der Waals surface area (Å²) in [5, 5.41) is 2.02. The number of nitrogen functional groups attached to an aromatic ring is 1. The molecule has 1 aliphatic rings. The maximum absolute atomic E-state index is 6.34. The van der Waals surface area contributed by atoms with E-state index in [-0.39, 0.29) is 0 Å². The van der Waals surface area contributed by atoms with Gasteiger partial charge in [0.1, 0.15) is 23.0 Å². The Morgan fingerprint density at radius 1 is 1.13 bits per heavy atom. The van der Waals surface area contributed by atoms with Gasteiger partial charge in [-0.1, -0.05) is 49.6 Å². The average molecular weight is 560 g/mol. The molecule has 2 N–H and O–H groups in total. The number of aromatic nitrogens is 2. The molecule has 4 rings (SSSR count). The first-order valence-corrected chi connectivity index (χ1v) is 14.5. The number of anilines is 1. The Hall–Kier alpha value is -3.17. The van der Waals surface area contributed by atoms with E-state index >= 15 is 0 Å². The third-order valence-electron chi connectivity index (χ3n) is 6.68. The third kappa shape index (κ3) is 7.92. The second kappa shape index (κ2) is 14.3. The van der Waals surface area contributed by atoms with Gasteiger partial charge in [-0.3, -0.25) is 0 Å². The van der Waals surface area contributed by atoms with Crippen molar-refractivity contribution in [1.82, 2.24) is 19.8 Å². The molecule has 0 saturated carbocycles. The molecule has 1 aromatic carbocycles. The molecule has 0 aliphatic carbocycles. The van der Waals surface area contributed by atoms with Crippen LogP contribution < -0.4 is 10.5 Å². The monoisotopic (exact) mass is 559 g/mol. The number of nitrogens with two attached hydrogens (primary N) is 1. The van der Waals surface area contributed by atoms with E-state index < -0.39 is 0 Å². The highest BCUT2D eigenvalue weighted by atomic mass is 32.1. The van der Waals surface area contributed by atoms with E-state index in [4.69, 9.17) is 15.5 Å². The van der Waals surface area contributed by atoms with Gasteiger partial charge in [-0.2, -0.15) is 0 Å². The van der Waals surface area contributed by atoms with E-state index in [9.17, 15) is 0 Å². The van der Waals surface area contributed by atoms with Crippen molar-refractivity contribution in [3.05, 3.63) is 96.2 Å². The fourth-order valence-corrected chi connectivity index (χ4v) is 5.38. The lowest BCUT2D eigenvalue weighted by Crippen LogP contribution is -2.44. The van der Waals surface area contributed by atoms with E-state index in [0.717, 1.165) is 66.6 Å². The SMILES string of the molecule is C=C/C=C(\S)c1nc(N)c(C/C=C(\C=C)c2ccc(OCCCN3CCN(C)CC3)cc2)nc1-c1cccs1. The predicted octanol–water partition coefficient (Wildman–Crippen LogP) is 6.07. The molecule has 0 amide bonds. The number of thiol groups is 1. The largest absolute Gasteiger partial charge is 0.494 e. The molecule has 0 unspecified atom stereocenters. The number of piperazine rings is 1. The van der Waals surface area contributed by atoms with Crippen LogP contribution in [0.2, 0.25) is 0 Å². The Labute approximate surface area is 241 Å². The number of allylic oxidation sites excluding steroid dienone is 5. The first-order chi connectivity index (χ1) is 19.0. The summed E-state index contributed by atoms with van der Waals surface area (Å²) in [5.74, 6) is 1.26. The maximum atomic E-state index is 6.34. The third-order valence-corrected chi connectivity index (χ3v) is 7.92. The summed E-state index contributed by atoms with van der Waals surface area (Å²) in [7, 11) is 2.18. The number of hydrogen-bond acceptors (Lipinski definition) is 8. The molecule has 0 atom stereocenters. The highest BCUT2D eigenvalue weighted by molar-refractivity contribution is 7.90. The van der Waals surface area contributed by atoms with Gasteiger partial charge in [-0.25, -0.2) is 9.97 Å². The van der Waals surface area contributed by atoms with Crippen LogP contribution in [0, 0.1) is 0 Å². The van der Waals surface area contributed by atoms with Crippen LogP contribution in [0.1, 0.15) is 23.4 Å². The Balaban J connectivity index is 1.41. The number of hydrogen-bond donors (Lipinski definition) is 2. The van der Waals surface area contributed by atoms with Crippen molar-refractivity contribution < 1.29 is 4.74 Å². The van der Waals surface area contributed by atoms with Crippen LogP contribution in [0.4, 0.5) is 5.82 Å². The number of ether oxygens (including phenoxy) is 1. The predicted molar refractivity (Wildman–Crippen MR) is 169 cm³/mol. The zero-order chi connectivity index (χ0) is 27.6. The fourth-order valence-electron chi connectivity index (χ4n) is 4.41. The van der Waals surface area contributed by atoms with Crippen LogP contribution in [0.5, 0.6) is 5.75 Å². The Bertz CT molecular complexity index is 1310. The highest BCUT2D eigenvalue weighted by Gasteiger charge is 2.16. The molecule has 1 saturated heterocycles. The lowest BCUT2D eigenvalue weighted by molar-refractivity contribution is 0.145. The van der Waals surface area contributed by atoms with Crippen molar-refractivity contribution in [3.8, 4) is 16.3 Å². The van der Waals surface area contributed by atoms with E-state index in [1.54, 1.807) is 23.5 Å². The van der Waals surface area contributed by atoms with Crippen LogP contribution in [-0.2, 0) is 6.42 Å². The normalized spacial score (nSPS) is 15.3. The summed E-state index contributed by atoms with van der Waals surface area (Å²) in [6.45, 7) is 14.1. The summed E-state index contributed by atoms with van der Waals surface area (Å²) in [6, 6.07) is 12.2. The van der Waals surface area contributed by atoms with Gasteiger partial charge < -0.3 is 20.3 Å². The minimum atomic E-state index is 0.384. The van der Waals surface area contributed by atoms with Gasteiger partial charge in [0.05, 0.1) is 17.2 Å². The molecule has 204 valence electrons. The lowest BCUT2D eigenvalue weighted by Gasteiger charge is -2.32. The fraction of sp³-hybridized carbons (Fsp3) is 0.290. The molecule has 0 bridgehead atoms. The molecule has 1 fully saturated rings. The van der Waals surface area contributed by atoms with Gasteiger partial charge in [0, 0.05) is 44.0 Å². The summed E-state index contributed by atoms with van der Waals surface area (Å²) < 4.78 is 5.99. The van der Waals surface area contributed by atoms with Gasteiger partial charge in [0.2, 0.25) is 0 Å². The van der Waals surface area contributed by atoms with Crippen molar-refractivity contribution in [2.24, 2.45) is 0 Å². The lowest BCUT2D eigenvalue weighted by atomic mass is 10.0. The highest BCUT2D eigenvalue weighted by Crippen LogP contribution is 2.33. The molecular formula is C31H37N5OS2. The Kier molecular flexibility index (Phi) is 10.6. The number of likely N-dealkylation sites (N-methyl/N-ethyl adjacent to an activating group) is 1. The molecule has 0 radical (unpaired) electrons. The quantitative estimate of drug-likeness (QED) is 0.159. The molecule has 3 aromatic rings. The standard InChI is InChI=1S/C31H37N5OS2/c1-4-8-27(38)29-30(28-9-6-22-39-28)33-26(31(32)34-29)15-12-23(5-2)24-10-13-25(14-11-24)37-21-7-16-36-19-17-35(3)18-20-36/h4-6,8-14,22,38H,1-2,7,15-21H2,3H3,(H2,32,34)/b23-12+,27-8-. The van der Waals surface area contributed by atoms with E-state index in [1.807, 2.05) is 35.7 Å². The maximum Gasteiger partial charge on any atom is 0.146 e. The molecule has 2 aromatic heterocycles. The minimum absolute atomic E-state index is 0.384. The van der Waals surface area contributed by atoms with Crippen molar-refractivity contribution in [2.75, 3.05) is 52.1 Å². The number of rotatable bonds is 12. The first kappa shape index (κ1) is 28.8. The second-order valence-corrected chi connectivity index (χ2v) is 10.9. The molecular weight excluding hydrogens is 523 g/mol. The smallest absolute Gasteiger partial charge is 0.146 e. The Morgan fingerprint density at radius 2 is 1.90 bits per heavy atom. The second-order valence-electron chi connectivity index (χ2n) is 9.46. The van der Waals surface area contributed by atoms with E-state index in [2.05, 4.69) is 65.8 Å². The van der Waals surface area contributed by atoms with Gasteiger partial charge in [-0.15, -0.1) is 24.0 Å². The van der Waals surface area contributed by atoms with Crippen molar-refractivity contribution in [1.29, 1.82) is 0 Å². The van der Waals surface area contributed by atoms with Crippen molar-refractivity contribution in [2.45, 2.75) is 12.8 Å². The van der Waals surface area contributed by atoms with Crippen LogP contribution in [0.3, 0.4) is 0 Å². The minimum Gasteiger partial charge on any atom is -0.494 e. The first-order valence-electron chi connectivity index (χ1n) is 13.2. The van der Waals surface area contributed by atoms with Crippen LogP contribution in [0.15, 0.2) is 79.2 Å². The molecule has 0 spiro atoms. The van der Waals surface area contributed by atoms with Gasteiger partial charge >= 0.3 is 0 Å². The van der Waals surface area contributed by atoms with Crippen molar-refractivity contribution in [3.63, 3.8) is 0 Å². The number of benzene rings is 1. The summed E-state index contributed by atoms with van der Waals surface area (Å²) in [6.07, 6.45) is 8.95. The van der Waals surface area contributed by atoms with E-state index in [0.29, 0.717) is 35.1 Å². The summed E-state index contributed by atoms with van der Waals surface area (Å²) in [5.41, 5.74) is 10.5. The Morgan fingerprint density at radius 3 is 2.56 bits per heavy atom. The molecule has 3 heterocycles. The zero-order valence-electron chi connectivity index (χ0n) is 22.6. The molecule has 6 nitrogen and oxygen atoms in total. The molecule has 8 heteroatoms. The summed E-state index contributed by atoms with van der Waals surface area (Å²) in [4.78, 5) is 16.1.